The smallest absolute Gasteiger partial charge is 0.255 e. The van der Waals surface area contributed by atoms with Crippen molar-refractivity contribution in [3.63, 3.8) is 0 Å². The van der Waals surface area contributed by atoms with Crippen LogP contribution in [-0.2, 0) is 27.4 Å². The number of ether oxygens (including phenoxy) is 1. The van der Waals surface area contributed by atoms with Gasteiger partial charge in [-0.3, -0.25) is 19.7 Å². The highest BCUT2D eigenvalue weighted by atomic mass is 16.5. The van der Waals surface area contributed by atoms with E-state index in [0.717, 1.165) is 43.6 Å². The Kier molecular flexibility index (Phi) is 5.08. The summed E-state index contributed by atoms with van der Waals surface area (Å²) in [5, 5.41) is 9.34. The van der Waals surface area contributed by atoms with Crippen molar-refractivity contribution in [1.82, 2.24) is 20.9 Å². The van der Waals surface area contributed by atoms with Gasteiger partial charge in [-0.2, -0.15) is 0 Å². The fraction of sp³-hybridized carbons (Fsp3) is 0.591. The zero-order valence-electron chi connectivity index (χ0n) is 17.0. The lowest BCUT2D eigenvalue weighted by Crippen LogP contribution is -2.59. The van der Waals surface area contributed by atoms with Gasteiger partial charge >= 0.3 is 0 Å². The van der Waals surface area contributed by atoms with Gasteiger partial charge in [-0.05, 0) is 42.9 Å². The van der Waals surface area contributed by atoms with Gasteiger partial charge in [-0.15, -0.1) is 0 Å². The molecule has 1 aromatic rings. The maximum atomic E-state index is 12.9. The molecule has 3 fully saturated rings. The Morgan fingerprint density at radius 3 is 2.87 bits per heavy atom. The van der Waals surface area contributed by atoms with E-state index >= 15 is 0 Å². The topological polar surface area (TPSA) is 99.8 Å². The highest BCUT2D eigenvalue weighted by Gasteiger charge is 2.42. The second-order valence-corrected chi connectivity index (χ2v) is 8.88. The summed E-state index contributed by atoms with van der Waals surface area (Å²) in [5.41, 5.74) is 2.74. The van der Waals surface area contributed by atoms with Crippen molar-refractivity contribution < 1.29 is 19.1 Å². The number of rotatable bonds is 5. The van der Waals surface area contributed by atoms with Crippen LogP contribution >= 0.6 is 0 Å². The van der Waals surface area contributed by atoms with Crippen LogP contribution in [0, 0.1) is 0 Å². The van der Waals surface area contributed by atoms with Gasteiger partial charge in [-0.1, -0.05) is 12.1 Å². The molecule has 4 aliphatic rings. The quantitative estimate of drug-likeness (QED) is 0.608. The van der Waals surface area contributed by atoms with Crippen LogP contribution in [0.5, 0.6) is 0 Å². The van der Waals surface area contributed by atoms with Crippen LogP contribution in [0.2, 0.25) is 0 Å². The number of amides is 3. The summed E-state index contributed by atoms with van der Waals surface area (Å²) in [6.07, 6.45) is 4.32. The molecule has 0 aromatic heterocycles. The molecule has 5 rings (SSSR count). The normalized spacial score (nSPS) is 27.7. The molecule has 8 nitrogen and oxygen atoms in total. The van der Waals surface area contributed by atoms with Gasteiger partial charge in [0.25, 0.3) is 5.91 Å². The van der Waals surface area contributed by atoms with Crippen molar-refractivity contribution >= 4 is 17.7 Å². The standard InChI is InChI=1S/C22H28N4O4/c27-19-6-5-18(20(28)25-19)26-12-17-14(3-1-4-16(17)21(26)29)9-23-10-15-11-24-13-22(30-15)7-2-8-22/h1,3-4,15,18,23-24H,2,5-13H2,(H,25,27,28). The third-order valence-corrected chi connectivity index (χ3v) is 6.87. The molecule has 1 spiro atoms. The summed E-state index contributed by atoms with van der Waals surface area (Å²) in [5.74, 6) is -0.777. The van der Waals surface area contributed by atoms with E-state index in [0.29, 0.717) is 25.1 Å². The second-order valence-electron chi connectivity index (χ2n) is 8.88. The first kappa shape index (κ1) is 19.7. The molecular weight excluding hydrogens is 384 g/mol. The number of nitrogens with one attached hydrogen (secondary N) is 3. The van der Waals surface area contributed by atoms with Crippen LogP contribution in [0.3, 0.4) is 0 Å². The van der Waals surface area contributed by atoms with Crippen LogP contribution in [0.25, 0.3) is 0 Å². The molecular formula is C22H28N4O4. The van der Waals surface area contributed by atoms with Gasteiger partial charge in [0.1, 0.15) is 6.04 Å². The number of hydrogen-bond acceptors (Lipinski definition) is 6. The van der Waals surface area contributed by atoms with E-state index in [1.54, 1.807) is 4.90 Å². The second kappa shape index (κ2) is 7.76. The Hall–Kier alpha value is -2.29. The number of piperidine rings is 1. The van der Waals surface area contributed by atoms with Crippen molar-refractivity contribution in [2.75, 3.05) is 19.6 Å². The van der Waals surface area contributed by atoms with Crippen molar-refractivity contribution in [2.24, 2.45) is 0 Å². The van der Waals surface area contributed by atoms with Crippen molar-refractivity contribution in [3.8, 4) is 0 Å². The number of nitrogens with zero attached hydrogens (tertiary/aromatic N) is 1. The van der Waals surface area contributed by atoms with Crippen LogP contribution in [0.1, 0.15) is 53.6 Å². The predicted molar refractivity (Wildman–Crippen MR) is 109 cm³/mol. The molecule has 3 amide bonds. The Morgan fingerprint density at radius 2 is 2.10 bits per heavy atom. The maximum absolute atomic E-state index is 12.9. The summed E-state index contributed by atoms with van der Waals surface area (Å²) in [6, 6.07) is 5.16. The lowest BCUT2D eigenvalue weighted by atomic mass is 9.79. The minimum Gasteiger partial charge on any atom is -0.368 e. The molecule has 3 aliphatic heterocycles. The van der Waals surface area contributed by atoms with Crippen LogP contribution in [0.15, 0.2) is 18.2 Å². The molecule has 30 heavy (non-hydrogen) atoms. The highest BCUT2D eigenvalue weighted by molar-refractivity contribution is 6.05. The number of benzene rings is 1. The van der Waals surface area contributed by atoms with Crippen molar-refractivity contribution in [1.29, 1.82) is 0 Å². The molecule has 160 valence electrons. The summed E-state index contributed by atoms with van der Waals surface area (Å²) >= 11 is 0. The van der Waals surface area contributed by atoms with Crippen LogP contribution in [0.4, 0.5) is 0 Å². The molecule has 1 saturated carbocycles. The molecule has 1 aliphatic carbocycles. The van der Waals surface area contributed by atoms with Gasteiger partial charge < -0.3 is 20.3 Å². The number of imide groups is 1. The maximum Gasteiger partial charge on any atom is 0.255 e. The van der Waals surface area contributed by atoms with Gasteiger partial charge in [0.05, 0.1) is 11.7 Å². The Morgan fingerprint density at radius 1 is 1.23 bits per heavy atom. The zero-order chi connectivity index (χ0) is 20.7. The van der Waals surface area contributed by atoms with Gasteiger partial charge in [0.15, 0.2) is 0 Å². The van der Waals surface area contributed by atoms with Gasteiger partial charge in [0.2, 0.25) is 11.8 Å². The predicted octanol–water partition coefficient (Wildman–Crippen LogP) is 0.448. The number of hydrogen-bond donors (Lipinski definition) is 3. The average molecular weight is 412 g/mol. The summed E-state index contributed by atoms with van der Waals surface area (Å²) in [7, 11) is 0. The fourth-order valence-electron chi connectivity index (χ4n) is 5.06. The lowest BCUT2D eigenvalue weighted by molar-refractivity contribution is -0.155. The molecule has 2 saturated heterocycles. The molecule has 3 N–H and O–H groups in total. The monoisotopic (exact) mass is 412 g/mol. The highest BCUT2D eigenvalue weighted by Crippen LogP contribution is 2.37. The summed E-state index contributed by atoms with van der Waals surface area (Å²) in [6.45, 7) is 3.61. The minimum atomic E-state index is -0.580. The molecule has 0 bridgehead atoms. The Balaban J connectivity index is 1.22. The molecule has 2 unspecified atom stereocenters. The third kappa shape index (κ3) is 3.53. The lowest BCUT2D eigenvalue weighted by Gasteiger charge is -2.47. The van der Waals surface area contributed by atoms with Crippen molar-refractivity contribution in [3.05, 3.63) is 34.9 Å². The zero-order valence-corrected chi connectivity index (χ0v) is 17.0. The largest absolute Gasteiger partial charge is 0.368 e. The fourth-order valence-corrected chi connectivity index (χ4v) is 5.06. The molecule has 2 atom stereocenters. The van der Waals surface area contributed by atoms with Crippen LogP contribution < -0.4 is 16.0 Å². The van der Waals surface area contributed by atoms with E-state index in [9.17, 15) is 14.4 Å². The number of carbonyl (C=O) groups excluding carboxylic acids is 3. The van der Waals surface area contributed by atoms with E-state index in [1.807, 2.05) is 18.2 Å². The molecule has 1 aromatic carbocycles. The molecule has 3 heterocycles. The first-order valence-electron chi connectivity index (χ1n) is 10.9. The number of morpholine rings is 1. The first-order valence-corrected chi connectivity index (χ1v) is 10.9. The molecule has 0 radical (unpaired) electrons. The molecule has 8 heteroatoms. The average Bonchev–Trinajstić information content (AvgIpc) is 3.04. The van der Waals surface area contributed by atoms with E-state index < -0.39 is 6.04 Å². The van der Waals surface area contributed by atoms with Gasteiger partial charge in [0, 0.05) is 44.7 Å². The van der Waals surface area contributed by atoms with Crippen molar-refractivity contribution in [2.45, 2.75) is 62.9 Å². The van der Waals surface area contributed by atoms with E-state index in [2.05, 4.69) is 16.0 Å². The first-order chi connectivity index (χ1) is 14.5. The summed E-state index contributed by atoms with van der Waals surface area (Å²) in [4.78, 5) is 38.2. The third-order valence-electron chi connectivity index (χ3n) is 6.87. The Bertz CT molecular complexity index is 882. The SMILES string of the molecule is O=C1CCC(N2Cc3c(CNCC4CNCC5(CCC5)O4)cccc3C2=O)C(=O)N1. The number of carbonyl (C=O) groups is 3. The minimum absolute atomic E-state index is 0.0491. The Labute approximate surface area is 175 Å². The van der Waals surface area contributed by atoms with Gasteiger partial charge in [-0.25, -0.2) is 0 Å². The number of fused-ring (bicyclic) bond motifs is 1. The van der Waals surface area contributed by atoms with E-state index in [1.165, 1.54) is 6.42 Å². The van der Waals surface area contributed by atoms with Crippen LogP contribution in [-0.4, -0.2) is 60.0 Å². The van der Waals surface area contributed by atoms with E-state index in [4.69, 9.17) is 4.74 Å². The summed E-state index contributed by atoms with van der Waals surface area (Å²) < 4.78 is 6.32. The van der Waals surface area contributed by atoms with E-state index in [-0.39, 0.29) is 35.8 Å².